The molecule has 0 unspecified atom stereocenters. The molecule has 0 bridgehead atoms. The maximum atomic E-state index is 12.8. The van der Waals surface area contributed by atoms with Crippen molar-refractivity contribution >= 4 is 15.9 Å². The lowest BCUT2D eigenvalue weighted by Crippen LogP contribution is -2.49. The first kappa shape index (κ1) is 23.2. The summed E-state index contributed by atoms with van der Waals surface area (Å²) in [4.78, 5) is 16.9. The predicted octanol–water partition coefficient (Wildman–Crippen LogP) is 3.24. The van der Waals surface area contributed by atoms with E-state index in [-0.39, 0.29) is 16.8 Å². The third-order valence-corrected chi connectivity index (χ3v) is 7.52. The molecule has 7 nitrogen and oxygen atoms in total. The monoisotopic (exact) mass is 445 g/mol. The molecule has 1 N–H and O–H groups in total. The van der Waals surface area contributed by atoms with Gasteiger partial charge in [-0.05, 0) is 49.9 Å². The number of piperidine rings is 1. The molecule has 0 atom stereocenters. The minimum Gasteiger partial charge on any atom is -0.494 e. The zero-order valence-electron chi connectivity index (χ0n) is 18.2. The molecule has 1 aliphatic heterocycles. The van der Waals surface area contributed by atoms with Gasteiger partial charge >= 0.3 is 0 Å². The SMILES string of the molecule is CC(C)(CCCOc1ccccc1)C(=O)NC1CCN(S(=O)(=O)c2cccnc2)CC1. The zero-order chi connectivity index (χ0) is 22.3. The number of pyridine rings is 1. The molecule has 0 aliphatic carbocycles. The molecule has 1 aromatic carbocycles. The van der Waals surface area contributed by atoms with E-state index in [0.717, 1.165) is 12.2 Å². The summed E-state index contributed by atoms with van der Waals surface area (Å²) in [6.45, 7) is 5.20. The maximum absolute atomic E-state index is 12.8. The Morgan fingerprint density at radius 1 is 1.16 bits per heavy atom. The molecule has 1 fully saturated rings. The fourth-order valence-corrected chi connectivity index (χ4v) is 5.04. The number of ether oxygens (including phenoxy) is 1. The van der Waals surface area contributed by atoms with Gasteiger partial charge < -0.3 is 10.1 Å². The fraction of sp³-hybridized carbons (Fsp3) is 0.478. The van der Waals surface area contributed by atoms with Gasteiger partial charge in [-0.3, -0.25) is 9.78 Å². The summed E-state index contributed by atoms with van der Waals surface area (Å²) < 4.78 is 32.6. The van der Waals surface area contributed by atoms with Crippen LogP contribution in [0.2, 0.25) is 0 Å². The Labute approximate surface area is 184 Å². The predicted molar refractivity (Wildman–Crippen MR) is 119 cm³/mol. The van der Waals surface area contributed by atoms with Gasteiger partial charge in [-0.25, -0.2) is 8.42 Å². The molecule has 1 amide bonds. The summed E-state index contributed by atoms with van der Waals surface area (Å²) in [6.07, 6.45) is 5.59. The molecular formula is C23H31N3O4S. The molecule has 1 aromatic heterocycles. The number of carbonyl (C=O) groups excluding carboxylic acids is 1. The molecule has 0 spiro atoms. The van der Waals surface area contributed by atoms with Crippen molar-refractivity contribution in [2.75, 3.05) is 19.7 Å². The number of amides is 1. The van der Waals surface area contributed by atoms with Crippen LogP contribution in [0.25, 0.3) is 0 Å². The van der Waals surface area contributed by atoms with E-state index in [4.69, 9.17) is 4.74 Å². The molecule has 8 heteroatoms. The Balaban J connectivity index is 1.43. The number of nitrogens with one attached hydrogen (secondary N) is 1. The molecule has 3 rings (SSSR count). The number of carbonyl (C=O) groups is 1. The van der Waals surface area contributed by atoms with Crippen LogP contribution in [0.1, 0.15) is 39.5 Å². The van der Waals surface area contributed by atoms with Crippen molar-refractivity contribution in [2.24, 2.45) is 5.41 Å². The number of aromatic nitrogens is 1. The summed E-state index contributed by atoms with van der Waals surface area (Å²) in [5, 5.41) is 3.12. The number of hydrogen-bond donors (Lipinski definition) is 1. The van der Waals surface area contributed by atoms with Crippen molar-refractivity contribution in [3.05, 3.63) is 54.9 Å². The van der Waals surface area contributed by atoms with E-state index < -0.39 is 15.4 Å². The molecule has 168 valence electrons. The van der Waals surface area contributed by atoms with Crippen molar-refractivity contribution in [3.8, 4) is 5.75 Å². The lowest BCUT2D eigenvalue weighted by Gasteiger charge is -2.33. The second-order valence-electron chi connectivity index (χ2n) is 8.49. The van der Waals surface area contributed by atoms with Crippen LogP contribution in [0.15, 0.2) is 59.8 Å². The normalized spacial score (nSPS) is 16.1. The van der Waals surface area contributed by atoms with E-state index in [2.05, 4.69) is 10.3 Å². The van der Waals surface area contributed by atoms with Gasteiger partial charge in [0.15, 0.2) is 0 Å². The first-order chi connectivity index (χ1) is 14.8. The molecule has 2 heterocycles. The third kappa shape index (κ3) is 6.27. The summed E-state index contributed by atoms with van der Waals surface area (Å²) in [7, 11) is -3.54. The quantitative estimate of drug-likeness (QED) is 0.599. The number of benzene rings is 1. The van der Waals surface area contributed by atoms with Crippen LogP contribution in [0, 0.1) is 5.41 Å². The smallest absolute Gasteiger partial charge is 0.244 e. The summed E-state index contributed by atoms with van der Waals surface area (Å²) in [5.41, 5.74) is -0.515. The number of sulfonamides is 1. The molecule has 0 saturated carbocycles. The van der Waals surface area contributed by atoms with Gasteiger partial charge in [0, 0.05) is 36.9 Å². The van der Waals surface area contributed by atoms with Crippen LogP contribution in [-0.4, -0.2) is 49.4 Å². The topological polar surface area (TPSA) is 88.6 Å². The first-order valence-corrected chi connectivity index (χ1v) is 12.1. The standard InChI is InChI=1S/C23H31N3O4S/c1-23(2,13-7-17-30-20-8-4-3-5-9-20)22(27)25-19-11-15-26(16-12-19)31(28,29)21-10-6-14-24-18-21/h3-6,8-10,14,18-19H,7,11-13,15-17H2,1-2H3,(H,25,27). The van der Waals surface area contributed by atoms with E-state index in [9.17, 15) is 13.2 Å². The van der Waals surface area contributed by atoms with Crippen LogP contribution >= 0.6 is 0 Å². The maximum Gasteiger partial charge on any atom is 0.244 e. The summed E-state index contributed by atoms with van der Waals surface area (Å²) in [5.74, 6) is 0.832. The largest absolute Gasteiger partial charge is 0.494 e. The van der Waals surface area contributed by atoms with Gasteiger partial charge in [-0.2, -0.15) is 4.31 Å². The van der Waals surface area contributed by atoms with Crippen LogP contribution in [0.4, 0.5) is 0 Å². The van der Waals surface area contributed by atoms with Crippen LogP contribution in [0.3, 0.4) is 0 Å². The highest BCUT2D eigenvalue weighted by molar-refractivity contribution is 7.89. The Hall–Kier alpha value is -2.45. The van der Waals surface area contributed by atoms with E-state index >= 15 is 0 Å². The Bertz CT molecular complexity index is 941. The van der Waals surface area contributed by atoms with E-state index in [1.54, 1.807) is 18.3 Å². The Morgan fingerprint density at radius 3 is 2.52 bits per heavy atom. The highest BCUT2D eigenvalue weighted by atomic mass is 32.2. The van der Waals surface area contributed by atoms with Gasteiger partial charge in [0.2, 0.25) is 15.9 Å². The van der Waals surface area contributed by atoms with Gasteiger partial charge in [0.1, 0.15) is 10.6 Å². The number of para-hydroxylation sites is 1. The Morgan fingerprint density at radius 2 is 1.87 bits per heavy atom. The lowest BCUT2D eigenvalue weighted by atomic mass is 9.86. The number of rotatable bonds is 9. The minimum atomic E-state index is -3.54. The molecular weight excluding hydrogens is 414 g/mol. The number of hydrogen-bond acceptors (Lipinski definition) is 5. The number of nitrogens with zero attached hydrogens (tertiary/aromatic N) is 2. The van der Waals surface area contributed by atoms with Gasteiger partial charge in [-0.1, -0.05) is 32.0 Å². The van der Waals surface area contributed by atoms with E-state index in [1.807, 2.05) is 44.2 Å². The van der Waals surface area contributed by atoms with Crippen LogP contribution in [0.5, 0.6) is 5.75 Å². The van der Waals surface area contributed by atoms with Crippen molar-refractivity contribution < 1.29 is 17.9 Å². The highest BCUT2D eigenvalue weighted by Crippen LogP contribution is 2.25. The molecule has 1 aliphatic rings. The zero-order valence-corrected chi connectivity index (χ0v) is 19.0. The van der Waals surface area contributed by atoms with Gasteiger partial charge in [0.05, 0.1) is 6.61 Å². The molecule has 1 saturated heterocycles. The van der Waals surface area contributed by atoms with Crippen molar-refractivity contribution in [2.45, 2.75) is 50.5 Å². The highest BCUT2D eigenvalue weighted by Gasteiger charge is 2.33. The second-order valence-corrected chi connectivity index (χ2v) is 10.4. The Kier molecular flexibility index (Phi) is 7.67. The van der Waals surface area contributed by atoms with Crippen molar-refractivity contribution in [1.29, 1.82) is 0 Å². The van der Waals surface area contributed by atoms with Crippen molar-refractivity contribution in [3.63, 3.8) is 0 Å². The summed E-state index contributed by atoms with van der Waals surface area (Å²) >= 11 is 0. The third-order valence-electron chi connectivity index (χ3n) is 5.63. The molecule has 31 heavy (non-hydrogen) atoms. The minimum absolute atomic E-state index is 0.000720. The van der Waals surface area contributed by atoms with Crippen molar-refractivity contribution in [1.82, 2.24) is 14.6 Å². The fourth-order valence-electron chi connectivity index (χ4n) is 3.60. The molecule has 2 aromatic rings. The van der Waals surface area contributed by atoms with E-state index in [1.165, 1.54) is 10.5 Å². The van der Waals surface area contributed by atoms with Crippen LogP contribution < -0.4 is 10.1 Å². The average Bonchev–Trinajstić information content (AvgIpc) is 2.78. The molecule has 0 radical (unpaired) electrons. The first-order valence-electron chi connectivity index (χ1n) is 10.7. The van der Waals surface area contributed by atoms with Gasteiger partial charge in [-0.15, -0.1) is 0 Å². The second kappa shape index (κ2) is 10.2. The van der Waals surface area contributed by atoms with E-state index in [0.29, 0.717) is 39.0 Å². The average molecular weight is 446 g/mol. The van der Waals surface area contributed by atoms with Gasteiger partial charge in [0.25, 0.3) is 0 Å². The van der Waals surface area contributed by atoms with Crippen LogP contribution in [-0.2, 0) is 14.8 Å². The summed E-state index contributed by atoms with van der Waals surface area (Å²) in [6, 6.07) is 12.8. The lowest BCUT2D eigenvalue weighted by molar-refractivity contribution is -0.130.